The van der Waals surface area contributed by atoms with E-state index in [4.69, 9.17) is 0 Å². The van der Waals surface area contributed by atoms with Gasteiger partial charge in [-0.05, 0) is 6.42 Å². The summed E-state index contributed by atoms with van der Waals surface area (Å²) in [5.74, 6) is 0.462. The van der Waals surface area contributed by atoms with Crippen molar-refractivity contribution >= 4 is 17.8 Å². The van der Waals surface area contributed by atoms with E-state index in [0.717, 1.165) is 6.42 Å². The van der Waals surface area contributed by atoms with Crippen LogP contribution in [0.4, 0.5) is 10.6 Å². The van der Waals surface area contributed by atoms with Gasteiger partial charge in [-0.15, -0.1) is 4.48 Å². The highest BCUT2D eigenvalue weighted by molar-refractivity contribution is 6.04. The summed E-state index contributed by atoms with van der Waals surface area (Å²) in [5, 5.41) is 0. The lowest BCUT2D eigenvalue weighted by atomic mass is 10.1. The van der Waals surface area contributed by atoms with Crippen LogP contribution in [0.25, 0.3) is 0 Å². The molecule has 6 nitrogen and oxygen atoms in total. The zero-order chi connectivity index (χ0) is 15.1. The maximum Gasteiger partial charge on any atom is 0.527 e. The molecule has 0 aromatic carbocycles. The highest BCUT2D eigenvalue weighted by Crippen LogP contribution is 2.33. The third-order valence-electron chi connectivity index (χ3n) is 4.13. The molecule has 2 atom stereocenters. The van der Waals surface area contributed by atoms with Crippen LogP contribution in [0.2, 0.25) is 0 Å². The number of quaternary nitrogens is 2. The lowest BCUT2D eigenvalue weighted by Crippen LogP contribution is -2.70. The summed E-state index contributed by atoms with van der Waals surface area (Å²) in [5.41, 5.74) is 0.308. The average Bonchev–Trinajstić information content (AvgIpc) is 2.44. The molecule has 1 aliphatic rings. The number of aromatic nitrogens is 2. The Morgan fingerprint density at radius 3 is 2.35 bits per heavy atom. The molecule has 2 heterocycles. The molecule has 0 fully saturated rings. The van der Waals surface area contributed by atoms with Crippen LogP contribution in [0.3, 0.4) is 0 Å². The second-order valence-electron chi connectivity index (χ2n) is 6.16. The van der Waals surface area contributed by atoms with Crippen LogP contribution in [0.1, 0.15) is 30.8 Å². The zero-order valence-electron chi connectivity index (χ0n) is 12.8. The first kappa shape index (κ1) is 14.7. The SMILES string of the molecule is CCC(C)C[N+]1(C)C(=O)c2nccnc2[N+](C)(C)C1=O. The van der Waals surface area contributed by atoms with Gasteiger partial charge in [0.25, 0.3) is 11.5 Å². The van der Waals surface area contributed by atoms with E-state index in [0.29, 0.717) is 18.1 Å². The number of amides is 3. The fourth-order valence-corrected chi connectivity index (χ4v) is 2.77. The molecule has 0 saturated heterocycles. The van der Waals surface area contributed by atoms with Gasteiger partial charge in [0.2, 0.25) is 0 Å². The number of carbonyl (C=O) groups is 2. The normalized spacial score (nSPS) is 26.2. The van der Waals surface area contributed by atoms with E-state index in [-0.39, 0.29) is 26.8 Å². The third kappa shape index (κ3) is 1.96. The van der Waals surface area contributed by atoms with Gasteiger partial charge in [-0.2, -0.15) is 9.28 Å². The molecule has 1 aromatic rings. The Morgan fingerprint density at radius 1 is 1.15 bits per heavy atom. The summed E-state index contributed by atoms with van der Waals surface area (Å²) >= 11 is 0. The number of nitrogens with zero attached hydrogens (tertiary/aromatic N) is 4. The molecule has 0 radical (unpaired) electrons. The number of carbonyl (C=O) groups excluding carboxylic acids is 2. The van der Waals surface area contributed by atoms with Crippen LogP contribution < -0.4 is 4.48 Å². The first-order chi connectivity index (χ1) is 9.25. The van der Waals surface area contributed by atoms with Gasteiger partial charge in [-0.1, -0.05) is 13.8 Å². The maximum absolute atomic E-state index is 12.8. The summed E-state index contributed by atoms with van der Waals surface area (Å²) < 4.78 is -0.296. The molecule has 2 rings (SSSR count). The standard InChI is InChI=1S/C14H22N4O2/c1-6-10(2)9-18(5)13(19)11-12(16-8-7-15-11)17(3,4)14(18)20/h7-8,10H,6,9H2,1-5H3/q+2. The number of hydrogen-bond donors (Lipinski definition) is 0. The number of hydrogen-bond acceptors (Lipinski definition) is 4. The molecule has 0 saturated carbocycles. The molecule has 1 aromatic heterocycles. The van der Waals surface area contributed by atoms with Gasteiger partial charge in [0, 0.05) is 12.1 Å². The molecular formula is C14H22N4O2+2. The van der Waals surface area contributed by atoms with Crippen molar-refractivity contribution in [1.82, 2.24) is 14.5 Å². The molecule has 108 valence electrons. The Morgan fingerprint density at radius 2 is 1.75 bits per heavy atom. The molecule has 0 N–H and O–H groups in total. The van der Waals surface area contributed by atoms with Crippen molar-refractivity contribution in [1.29, 1.82) is 0 Å². The Labute approximate surface area is 119 Å². The van der Waals surface area contributed by atoms with Crippen molar-refractivity contribution in [3.63, 3.8) is 0 Å². The summed E-state index contributed by atoms with van der Waals surface area (Å²) in [6.45, 7) is 4.60. The Hall–Kier alpha value is -1.66. The predicted octanol–water partition coefficient (Wildman–Crippen LogP) is 1.81. The topological polar surface area (TPSA) is 59.9 Å². The summed E-state index contributed by atoms with van der Waals surface area (Å²) in [7, 11) is 5.21. The summed E-state index contributed by atoms with van der Waals surface area (Å²) in [6.07, 6.45) is 3.94. The number of imide groups is 1. The van der Waals surface area contributed by atoms with Gasteiger partial charge in [-0.25, -0.2) is 14.8 Å². The van der Waals surface area contributed by atoms with Gasteiger partial charge in [0.1, 0.15) is 6.54 Å². The van der Waals surface area contributed by atoms with Gasteiger partial charge in [-0.3, -0.25) is 0 Å². The minimum Gasteiger partial charge on any atom is -0.239 e. The van der Waals surface area contributed by atoms with E-state index in [9.17, 15) is 9.59 Å². The third-order valence-corrected chi connectivity index (χ3v) is 4.13. The minimum absolute atomic E-state index is 0.0537. The van der Waals surface area contributed by atoms with Crippen molar-refractivity contribution < 1.29 is 14.1 Å². The quantitative estimate of drug-likeness (QED) is 0.791. The Balaban J connectivity index is 2.59. The molecule has 6 heteroatoms. The van der Waals surface area contributed by atoms with Gasteiger partial charge in [0.15, 0.2) is 0 Å². The van der Waals surface area contributed by atoms with Crippen LogP contribution >= 0.6 is 0 Å². The molecule has 20 heavy (non-hydrogen) atoms. The molecule has 0 aliphatic carbocycles. The first-order valence-electron chi connectivity index (χ1n) is 6.86. The monoisotopic (exact) mass is 278 g/mol. The highest BCUT2D eigenvalue weighted by atomic mass is 16.2. The van der Waals surface area contributed by atoms with E-state index in [2.05, 4.69) is 23.8 Å². The smallest absolute Gasteiger partial charge is 0.239 e. The van der Waals surface area contributed by atoms with Crippen molar-refractivity contribution in [2.45, 2.75) is 20.3 Å². The molecule has 1 aliphatic heterocycles. The zero-order valence-corrected chi connectivity index (χ0v) is 12.8. The largest absolute Gasteiger partial charge is 0.527 e. The van der Waals surface area contributed by atoms with E-state index in [1.54, 1.807) is 21.1 Å². The summed E-state index contributed by atoms with van der Waals surface area (Å²) in [4.78, 5) is 33.9. The predicted molar refractivity (Wildman–Crippen MR) is 75.9 cm³/mol. The van der Waals surface area contributed by atoms with Crippen LogP contribution in [-0.2, 0) is 0 Å². The first-order valence-corrected chi connectivity index (χ1v) is 6.86. The molecular weight excluding hydrogens is 256 g/mol. The van der Waals surface area contributed by atoms with Crippen molar-refractivity contribution in [3.8, 4) is 0 Å². The van der Waals surface area contributed by atoms with Crippen molar-refractivity contribution in [3.05, 3.63) is 18.1 Å². The van der Waals surface area contributed by atoms with Crippen LogP contribution in [0.15, 0.2) is 12.4 Å². The van der Waals surface area contributed by atoms with E-state index < -0.39 is 0 Å². The number of rotatable bonds is 3. The van der Waals surface area contributed by atoms with E-state index in [1.165, 1.54) is 12.4 Å². The molecule has 2 unspecified atom stereocenters. The second kappa shape index (κ2) is 4.71. The number of urea groups is 1. The van der Waals surface area contributed by atoms with Crippen LogP contribution in [-0.4, -0.2) is 54.1 Å². The lowest BCUT2D eigenvalue weighted by molar-refractivity contribution is -0.754. The molecule has 3 amide bonds. The van der Waals surface area contributed by atoms with E-state index in [1.807, 2.05) is 0 Å². The van der Waals surface area contributed by atoms with Crippen molar-refractivity contribution in [2.24, 2.45) is 5.92 Å². The fourth-order valence-electron chi connectivity index (χ4n) is 2.77. The van der Waals surface area contributed by atoms with E-state index >= 15 is 0 Å². The second-order valence-corrected chi connectivity index (χ2v) is 6.16. The van der Waals surface area contributed by atoms with Crippen LogP contribution in [0.5, 0.6) is 0 Å². The van der Waals surface area contributed by atoms with Crippen LogP contribution in [0, 0.1) is 5.92 Å². The summed E-state index contributed by atoms with van der Waals surface area (Å²) in [6, 6.07) is -0.164. The van der Waals surface area contributed by atoms with Crippen molar-refractivity contribution in [2.75, 3.05) is 27.7 Å². The number of fused-ring (bicyclic) bond motifs is 1. The van der Waals surface area contributed by atoms with Gasteiger partial charge in [0.05, 0.1) is 27.3 Å². The molecule has 0 spiro atoms. The fraction of sp³-hybridized carbons (Fsp3) is 0.571. The average molecular weight is 278 g/mol. The Bertz CT molecular complexity index is 570. The molecule has 0 bridgehead atoms. The Kier molecular flexibility index (Phi) is 3.47. The van der Waals surface area contributed by atoms with Gasteiger partial charge >= 0.3 is 11.9 Å². The van der Waals surface area contributed by atoms with Gasteiger partial charge < -0.3 is 0 Å². The maximum atomic E-state index is 12.8. The lowest BCUT2D eigenvalue weighted by Gasteiger charge is -2.38. The highest BCUT2D eigenvalue weighted by Gasteiger charge is 2.60. The minimum atomic E-state index is -0.254.